The van der Waals surface area contributed by atoms with Crippen molar-refractivity contribution in [2.45, 2.75) is 18.9 Å². The van der Waals surface area contributed by atoms with E-state index in [9.17, 15) is 14.4 Å². The standard InChI is InChI=1S/C13H15NO6/c15-11(14-10(13(18)19)8-12(16)17)6-7-20-9-4-2-1-3-5-9/h1-5,10H,6-8H2,(H,14,15)(H,16,17)(H,18,19)/t10-/m1/s1. The average Bonchev–Trinajstić information content (AvgIpc) is 2.38. The summed E-state index contributed by atoms with van der Waals surface area (Å²) < 4.78 is 5.28. The quantitative estimate of drug-likeness (QED) is 0.639. The van der Waals surface area contributed by atoms with E-state index in [2.05, 4.69) is 5.32 Å². The Morgan fingerprint density at radius 1 is 1.15 bits per heavy atom. The van der Waals surface area contributed by atoms with Crippen LogP contribution in [0.5, 0.6) is 5.75 Å². The molecule has 0 bridgehead atoms. The van der Waals surface area contributed by atoms with Gasteiger partial charge in [-0.05, 0) is 12.1 Å². The summed E-state index contributed by atoms with van der Waals surface area (Å²) in [5.74, 6) is -2.65. The van der Waals surface area contributed by atoms with Crippen LogP contribution in [0.4, 0.5) is 0 Å². The second-order valence-electron chi connectivity index (χ2n) is 3.97. The topological polar surface area (TPSA) is 113 Å². The summed E-state index contributed by atoms with van der Waals surface area (Å²) in [6.45, 7) is 0.0786. The Labute approximate surface area is 115 Å². The van der Waals surface area contributed by atoms with Gasteiger partial charge in [-0.3, -0.25) is 9.59 Å². The van der Waals surface area contributed by atoms with Gasteiger partial charge in [-0.15, -0.1) is 0 Å². The van der Waals surface area contributed by atoms with Crippen LogP contribution in [0.1, 0.15) is 12.8 Å². The van der Waals surface area contributed by atoms with Crippen molar-refractivity contribution in [3.8, 4) is 5.75 Å². The molecule has 1 atom stereocenters. The summed E-state index contributed by atoms with van der Waals surface area (Å²) in [4.78, 5) is 32.7. The molecule has 1 aromatic rings. The van der Waals surface area contributed by atoms with E-state index in [0.717, 1.165) is 0 Å². The van der Waals surface area contributed by atoms with E-state index in [1.165, 1.54) is 0 Å². The number of ether oxygens (including phenoxy) is 1. The number of aliphatic carboxylic acids is 2. The number of benzene rings is 1. The van der Waals surface area contributed by atoms with Crippen molar-refractivity contribution in [1.29, 1.82) is 0 Å². The second-order valence-corrected chi connectivity index (χ2v) is 3.97. The van der Waals surface area contributed by atoms with Crippen LogP contribution in [-0.2, 0) is 14.4 Å². The van der Waals surface area contributed by atoms with E-state index in [1.54, 1.807) is 24.3 Å². The van der Waals surface area contributed by atoms with E-state index in [4.69, 9.17) is 14.9 Å². The first kappa shape index (κ1) is 15.5. The summed E-state index contributed by atoms with van der Waals surface area (Å²) in [5, 5.41) is 19.4. The average molecular weight is 281 g/mol. The van der Waals surface area contributed by atoms with Crippen LogP contribution in [0.3, 0.4) is 0 Å². The minimum absolute atomic E-state index is 0.0572. The van der Waals surface area contributed by atoms with Crippen LogP contribution < -0.4 is 10.1 Å². The molecule has 3 N–H and O–H groups in total. The molecule has 0 aliphatic heterocycles. The molecule has 0 saturated carbocycles. The maximum Gasteiger partial charge on any atom is 0.326 e. The summed E-state index contributed by atoms with van der Waals surface area (Å²) in [7, 11) is 0. The molecule has 0 aromatic heterocycles. The maximum atomic E-state index is 11.5. The van der Waals surface area contributed by atoms with Gasteiger partial charge in [-0.1, -0.05) is 18.2 Å². The van der Waals surface area contributed by atoms with Gasteiger partial charge in [-0.25, -0.2) is 4.79 Å². The van der Waals surface area contributed by atoms with Crippen molar-refractivity contribution in [2.24, 2.45) is 0 Å². The molecular weight excluding hydrogens is 266 g/mol. The third-order valence-corrected chi connectivity index (χ3v) is 2.35. The van der Waals surface area contributed by atoms with Crippen LogP contribution in [0.2, 0.25) is 0 Å². The van der Waals surface area contributed by atoms with Crippen molar-refractivity contribution in [2.75, 3.05) is 6.61 Å². The zero-order valence-electron chi connectivity index (χ0n) is 10.6. The van der Waals surface area contributed by atoms with Crippen LogP contribution >= 0.6 is 0 Å². The summed E-state index contributed by atoms with van der Waals surface area (Å²) >= 11 is 0. The highest BCUT2D eigenvalue weighted by molar-refractivity contribution is 5.86. The molecule has 1 amide bonds. The Bertz CT molecular complexity index is 473. The molecule has 1 aromatic carbocycles. The van der Waals surface area contributed by atoms with Crippen molar-refractivity contribution in [1.82, 2.24) is 5.32 Å². The molecule has 20 heavy (non-hydrogen) atoms. The summed E-state index contributed by atoms with van der Waals surface area (Å²) in [6.07, 6.45) is -0.723. The van der Waals surface area contributed by atoms with Gasteiger partial charge in [0.1, 0.15) is 11.8 Å². The third-order valence-electron chi connectivity index (χ3n) is 2.35. The molecule has 1 rings (SSSR count). The number of carbonyl (C=O) groups excluding carboxylic acids is 1. The Morgan fingerprint density at radius 3 is 2.35 bits per heavy atom. The fourth-order valence-corrected chi connectivity index (χ4v) is 1.42. The molecule has 0 unspecified atom stereocenters. The van der Waals surface area contributed by atoms with Crippen LogP contribution in [0.25, 0.3) is 0 Å². The molecule has 0 fully saturated rings. The first-order chi connectivity index (χ1) is 9.49. The Hall–Kier alpha value is -2.57. The van der Waals surface area contributed by atoms with Crippen molar-refractivity contribution >= 4 is 17.8 Å². The van der Waals surface area contributed by atoms with Gasteiger partial charge in [-0.2, -0.15) is 0 Å². The van der Waals surface area contributed by atoms with Gasteiger partial charge in [0.25, 0.3) is 0 Å². The lowest BCUT2D eigenvalue weighted by molar-refractivity contribution is -0.147. The lowest BCUT2D eigenvalue weighted by atomic mass is 10.2. The summed E-state index contributed by atoms with van der Waals surface area (Å²) in [6, 6.07) is 7.40. The minimum Gasteiger partial charge on any atom is -0.493 e. The molecular formula is C13H15NO6. The van der Waals surface area contributed by atoms with Crippen LogP contribution in [-0.4, -0.2) is 40.7 Å². The highest BCUT2D eigenvalue weighted by atomic mass is 16.5. The zero-order valence-corrected chi connectivity index (χ0v) is 10.6. The number of hydrogen-bond donors (Lipinski definition) is 3. The predicted octanol–water partition coefficient (Wildman–Crippen LogP) is 0.500. The smallest absolute Gasteiger partial charge is 0.326 e. The molecule has 0 aliphatic carbocycles. The molecule has 0 saturated heterocycles. The molecule has 108 valence electrons. The second kappa shape index (κ2) is 7.78. The number of para-hydroxylation sites is 1. The fraction of sp³-hybridized carbons (Fsp3) is 0.308. The lowest BCUT2D eigenvalue weighted by Crippen LogP contribution is -2.42. The van der Waals surface area contributed by atoms with E-state index in [-0.39, 0.29) is 13.0 Å². The van der Waals surface area contributed by atoms with Crippen molar-refractivity contribution in [3.05, 3.63) is 30.3 Å². The Kier molecular flexibility index (Phi) is 6.02. The van der Waals surface area contributed by atoms with Crippen molar-refractivity contribution in [3.63, 3.8) is 0 Å². The van der Waals surface area contributed by atoms with Gasteiger partial charge in [0, 0.05) is 0 Å². The number of amides is 1. The Morgan fingerprint density at radius 2 is 1.80 bits per heavy atom. The zero-order chi connectivity index (χ0) is 15.0. The van der Waals surface area contributed by atoms with Crippen LogP contribution in [0.15, 0.2) is 30.3 Å². The maximum absolute atomic E-state index is 11.5. The number of nitrogens with one attached hydrogen (secondary N) is 1. The monoisotopic (exact) mass is 281 g/mol. The van der Waals surface area contributed by atoms with Gasteiger partial charge in [0.2, 0.25) is 5.91 Å². The molecule has 0 aliphatic rings. The molecule has 0 heterocycles. The number of carbonyl (C=O) groups is 3. The van der Waals surface area contributed by atoms with E-state index >= 15 is 0 Å². The largest absolute Gasteiger partial charge is 0.493 e. The Balaban J connectivity index is 2.35. The first-order valence-corrected chi connectivity index (χ1v) is 5.91. The van der Waals surface area contributed by atoms with E-state index < -0.39 is 30.3 Å². The third kappa shape index (κ3) is 5.85. The highest BCUT2D eigenvalue weighted by Gasteiger charge is 2.22. The van der Waals surface area contributed by atoms with Crippen molar-refractivity contribution < 1.29 is 29.3 Å². The SMILES string of the molecule is O=C(O)C[C@@H](NC(=O)CCOc1ccccc1)C(=O)O. The number of carboxylic acids is 2. The minimum atomic E-state index is -1.43. The molecule has 7 heteroatoms. The van der Waals surface area contributed by atoms with E-state index in [1.807, 2.05) is 6.07 Å². The molecule has 0 radical (unpaired) electrons. The van der Waals surface area contributed by atoms with Crippen LogP contribution in [0, 0.1) is 0 Å². The molecule has 0 spiro atoms. The van der Waals surface area contributed by atoms with E-state index in [0.29, 0.717) is 5.75 Å². The number of hydrogen-bond acceptors (Lipinski definition) is 4. The predicted molar refractivity (Wildman–Crippen MR) is 68.4 cm³/mol. The van der Waals surface area contributed by atoms with Gasteiger partial charge < -0.3 is 20.3 Å². The number of carboxylic acid groups (broad SMARTS) is 2. The fourth-order valence-electron chi connectivity index (χ4n) is 1.42. The highest BCUT2D eigenvalue weighted by Crippen LogP contribution is 2.08. The number of rotatable bonds is 8. The van der Waals surface area contributed by atoms with Gasteiger partial charge in [0.05, 0.1) is 19.4 Å². The van der Waals surface area contributed by atoms with Gasteiger partial charge in [0.15, 0.2) is 0 Å². The summed E-state index contributed by atoms with van der Waals surface area (Å²) in [5.41, 5.74) is 0. The lowest BCUT2D eigenvalue weighted by Gasteiger charge is -2.12. The normalized spacial score (nSPS) is 11.4. The molecule has 7 nitrogen and oxygen atoms in total. The van der Waals surface area contributed by atoms with Gasteiger partial charge >= 0.3 is 11.9 Å². The first-order valence-electron chi connectivity index (χ1n) is 5.91.